The van der Waals surface area contributed by atoms with Crippen LogP contribution in [-0.2, 0) is 4.74 Å². The van der Waals surface area contributed by atoms with E-state index < -0.39 is 0 Å². The number of halogens is 1. The van der Waals surface area contributed by atoms with Crippen LogP contribution in [0.3, 0.4) is 0 Å². The van der Waals surface area contributed by atoms with E-state index >= 15 is 0 Å². The number of carbonyl (C=O) groups is 1. The standard InChI is InChI=1S/C12H14ClNO2S2/c1-14(4-6-16-5-3-13)12(15)11-8-10-9(18-11)2-7-17-10/h2,7-8H,3-6H2,1H3. The number of nitrogens with zero attached hydrogens (tertiary/aromatic N) is 1. The van der Waals surface area contributed by atoms with Gasteiger partial charge in [0.2, 0.25) is 0 Å². The molecule has 18 heavy (non-hydrogen) atoms. The average molecular weight is 304 g/mol. The molecule has 2 aromatic heterocycles. The van der Waals surface area contributed by atoms with E-state index in [1.54, 1.807) is 34.6 Å². The molecule has 0 aliphatic carbocycles. The molecule has 0 spiro atoms. The second-order valence-corrected chi connectivity index (χ2v) is 6.20. The maximum Gasteiger partial charge on any atom is 0.263 e. The fourth-order valence-corrected chi connectivity index (χ4v) is 3.73. The summed E-state index contributed by atoms with van der Waals surface area (Å²) in [4.78, 5) is 14.6. The van der Waals surface area contributed by atoms with Crippen LogP contribution in [0, 0.1) is 0 Å². The van der Waals surface area contributed by atoms with Crippen LogP contribution in [0.5, 0.6) is 0 Å². The van der Waals surface area contributed by atoms with E-state index in [4.69, 9.17) is 16.3 Å². The lowest BCUT2D eigenvalue weighted by molar-refractivity contribution is 0.0716. The number of carbonyl (C=O) groups excluding carboxylic acids is 1. The number of fused-ring (bicyclic) bond motifs is 1. The van der Waals surface area contributed by atoms with Crippen molar-refractivity contribution in [3.05, 3.63) is 22.4 Å². The molecule has 3 nitrogen and oxygen atoms in total. The Morgan fingerprint density at radius 1 is 1.44 bits per heavy atom. The normalized spacial score (nSPS) is 11.0. The van der Waals surface area contributed by atoms with Gasteiger partial charge in [-0.1, -0.05) is 0 Å². The van der Waals surface area contributed by atoms with Gasteiger partial charge in [0.25, 0.3) is 5.91 Å². The summed E-state index contributed by atoms with van der Waals surface area (Å²) in [5.74, 6) is 0.539. The Hall–Kier alpha value is -0.620. The molecule has 0 radical (unpaired) electrons. The van der Waals surface area contributed by atoms with Crippen LogP contribution in [0.15, 0.2) is 17.5 Å². The summed E-state index contributed by atoms with van der Waals surface area (Å²) in [5.41, 5.74) is 0. The number of thiophene rings is 2. The molecule has 0 atom stereocenters. The van der Waals surface area contributed by atoms with Gasteiger partial charge in [0.1, 0.15) is 0 Å². The van der Waals surface area contributed by atoms with Crippen molar-refractivity contribution >= 4 is 49.6 Å². The van der Waals surface area contributed by atoms with Crippen LogP contribution < -0.4 is 0 Å². The molecule has 98 valence electrons. The second-order valence-electron chi connectivity index (χ2n) is 3.79. The number of alkyl halides is 1. The number of hydrogen-bond acceptors (Lipinski definition) is 4. The van der Waals surface area contributed by atoms with Crippen molar-refractivity contribution in [2.24, 2.45) is 0 Å². The molecular weight excluding hydrogens is 290 g/mol. The zero-order chi connectivity index (χ0) is 13.0. The molecule has 0 aliphatic heterocycles. The molecule has 0 aliphatic rings. The summed E-state index contributed by atoms with van der Waals surface area (Å²) in [6.45, 7) is 1.63. The second kappa shape index (κ2) is 6.52. The molecular formula is C12H14ClNO2S2. The van der Waals surface area contributed by atoms with Gasteiger partial charge in [0.05, 0.1) is 18.1 Å². The van der Waals surface area contributed by atoms with Gasteiger partial charge in [-0.25, -0.2) is 0 Å². The predicted octanol–water partition coefficient (Wildman–Crippen LogP) is 3.29. The highest BCUT2D eigenvalue weighted by Gasteiger charge is 2.15. The molecule has 0 saturated heterocycles. The largest absolute Gasteiger partial charge is 0.378 e. The third-order valence-corrected chi connectivity index (χ3v) is 4.73. The number of ether oxygens (including phenoxy) is 1. The van der Waals surface area contributed by atoms with Crippen LogP contribution in [0.4, 0.5) is 0 Å². The summed E-state index contributed by atoms with van der Waals surface area (Å²) in [6, 6.07) is 4.01. The fraction of sp³-hybridized carbons (Fsp3) is 0.417. The van der Waals surface area contributed by atoms with E-state index in [1.807, 2.05) is 17.5 Å². The Labute approximate surface area is 119 Å². The van der Waals surface area contributed by atoms with Crippen LogP contribution >= 0.6 is 34.3 Å². The zero-order valence-electron chi connectivity index (χ0n) is 10.0. The van der Waals surface area contributed by atoms with Crippen molar-refractivity contribution in [3.63, 3.8) is 0 Å². The van der Waals surface area contributed by atoms with E-state index in [0.29, 0.717) is 25.6 Å². The molecule has 0 N–H and O–H groups in total. The topological polar surface area (TPSA) is 29.5 Å². The van der Waals surface area contributed by atoms with E-state index in [9.17, 15) is 4.79 Å². The van der Waals surface area contributed by atoms with Crippen molar-refractivity contribution in [1.82, 2.24) is 4.90 Å². The number of likely N-dealkylation sites (N-methyl/N-ethyl adjacent to an activating group) is 1. The Morgan fingerprint density at radius 3 is 3.00 bits per heavy atom. The Kier molecular flexibility index (Phi) is 5.00. The minimum Gasteiger partial charge on any atom is -0.378 e. The van der Waals surface area contributed by atoms with Gasteiger partial charge in [-0.15, -0.1) is 34.3 Å². The molecule has 2 aromatic rings. The van der Waals surface area contributed by atoms with Gasteiger partial charge in [0, 0.05) is 28.9 Å². The monoisotopic (exact) mass is 303 g/mol. The van der Waals surface area contributed by atoms with Crippen LogP contribution in [0.2, 0.25) is 0 Å². The molecule has 6 heteroatoms. The van der Waals surface area contributed by atoms with Crippen molar-refractivity contribution in [3.8, 4) is 0 Å². The van der Waals surface area contributed by atoms with Gasteiger partial charge in [-0.3, -0.25) is 4.79 Å². The Balaban J connectivity index is 1.92. The molecule has 0 bridgehead atoms. The lowest BCUT2D eigenvalue weighted by Gasteiger charge is -2.15. The number of hydrogen-bond donors (Lipinski definition) is 0. The fourth-order valence-electron chi connectivity index (χ4n) is 1.52. The molecule has 2 rings (SSSR count). The van der Waals surface area contributed by atoms with E-state index in [0.717, 1.165) is 4.88 Å². The maximum absolute atomic E-state index is 12.1. The molecule has 0 aromatic carbocycles. The first kappa shape index (κ1) is 13.8. The number of amides is 1. The van der Waals surface area contributed by atoms with E-state index in [2.05, 4.69) is 0 Å². The van der Waals surface area contributed by atoms with Crippen LogP contribution in [-0.4, -0.2) is 43.5 Å². The third kappa shape index (κ3) is 3.23. The summed E-state index contributed by atoms with van der Waals surface area (Å²) >= 11 is 8.71. The van der Waals surface area contributed by atoms with Gasteiger partial charge in [-0.2, -0.15) is 0 Å². The predicted molar refractivity (Wildman–Crippen MR) is 78.2 cm³/mol. The van der Waals surface area contributed by atoms with Crippen molar-refractivity contribution in [2.75, 3.05) is 32.7 Å². The third-order valence-electron chi connectivity index (χ3n) is 2.49. The minimum atomic E-state index is 0.0536. The summed E-state index contributed by atoms with van der Waals surface area (Å²) < 4.78 is 7.62. The SMILES string of the molecule is CN(CCOCCCl)C(=O)c1cc2sccc2s1. The first-order chi connectivity index (χ1) is 8.72. The highest BCUT2D eigenvalue weighted by molar-refractivity contribution is 7.27. The first-order valence-electron chi connectivity index (χ1n) is 5.58. The quantitative estimate of drug-likeness (QED) is 0.605. The molecule has 0 saturated carbocycles. The molecule has 1 amide bonds. The van der Waals surface area contributed by atoms with E-state index in [1.165, 1.54) is 9.40 Å². The molecule has 2 heterocycles. The highest BCUT2D eigenvalue weighted by Crippen LogP contribution is 2.30. The van der Waals surface area contributed by atoms with Gasteiger partial charge < -0.3 is 9.64 Å². The summed E-state index contributed by atoms with van der Waals surface area (Å²) in [7, 11) is 1.79. The summed E-state index contributed by atoms with van der Waals surface area (Å²) in [5, 5.41) is 2.04. The van der Waals surface area contributed by atoms with E-state index in [-0.39, 0.29) is 5.91 Å². The smallest absolute Gasteiger partial charge is 0.263 e. The first-order valence-corrected chi connectivity index (χ1v) is 7.81. The summed E-state index contributed by atoms with van der Waals surface area (Å²) in [6.07, 6.45) is 0. The zero-order valence-corrected chi connectivity index (χ0v) is 12.4. The van der Waals surface area contributed by atoms with Crippen molar-refractivity contribution in [1.29, 1.82) is 0 Å². The lowest BCUT2D eigenvalue weighted by atomic mass is 10.4. The average Bonchev–Trinajstić information content (AvgIpc) is 2.94. The van der Waals surface area contributed by atoms with Crippen LogP contribution in [0.25, 0.3) is 9.40 Å². The number of rotatable bonds is 6. The Bertz CT molecular complexity index is 494. The van der Waals surface area contributed by atoms with Crippen molar-refractivity contribution < 1.29 is 9.53 Å². The van der Waals surface area contributed by atoms with Gasteiger partial charge in [0.15, 0.2) is 0 Å². The molecule has 0 unspecified atom stereocenters. The Morgan fingerprint density at radius 2 is 2.28 bits per heavy atom. The highest BCUT2D eigenvalue weighted by atomic mass is 35.5. The van der Waals surface area contributed by atoms with Crippen molar-refractivity contribution in [2.45, 2.75) is 0 Å². The van der Waals surface area contributed by atoms with Crippen LogP contribution in [0.1, 0.15) is 9.67 Å². The van der Waals surface area contributed by atoms with Gasteiger partial charge in [-0.05, 0) is 17.5 Å². The minimum absolute atomic E-state index is 0.0536. The lowest BCUT2D eigenvalue weighted by Crippen LogP contribution is -2.29. The maximum atomic E-state index is 12.1. The van der Waals surface area contributed by atoms with Gasteiger partial charge >= 0.3 is 0 Å². The molecule has 0 fully saturated rings.